The molecule has 0 bridgehead atoms. The van der Waals surface area contributed by atoms with Crippen molar-refractivity contribution in [2.24, 2.45) is 0 Å². The van der Waals surface area contributed by atoms with Crippen molar-refractivity contribution in [2.75, 3.05) is 0 Å². The molecule has 2 rings (SSSR count). The van der Waals surface area contributed by atoms with Crippen molar-refractivity contribution in [3.8, 4) is 0 Å². The number of carbonyl (C=O) groups is 1. The topological polar surface area (TPSA) is 47.3 Å². The molecule has 0 saturated heterocycles. The van der Waals surface area contributed by atoms with Gasteiger partial charge in [0.1, 0.15) is 5.78 Å². The molecule has 66 valence electrons. The van der Waals surface area contributed by atoms with Crippen molar-refractivity contribution in [2.45, 2.75) is 13.3 Å². The van der Waals surface area contributed by atoms with E-state index in [4.69, 9.17) is 0 Å². The lowest BCUT2D eigenvalue weighted by atomic mass is 10.1. The summed E-state index contributed by atoms with van der Waals surface area (Å²) in [4.78, 5) is 10.9. The van der Waals surface area contributed by atoms with Crippen molar-refractivity contribution in [1.29, 1.82) is 0 Å². The van der Waals surface area contributed by atoms with Gasteiger partial charge in [0.05, 0.1) is 11.7 Å². The number of rotatable bonds is 2. The van der Waals surface area contributed by atoms with E-state index in [-0.39, 0.29) is 5.78 Å². The lowest BCUT2D eigenvalue weighted by molar-refractivity contribution is -0.116. The largest absolute Gasteiger partial charge is 0.300 e. The highest BCUT2D eigenvalue weighted by atomic mass is 16.1. The number of ketones is 1. The Bertz CT molecular complexity index is 447. The summed E-state index contributed by atoms with van der Waals surface area (Å²) in [5, 5.41) is 7.61. The van der Waals surface area contributed by atoms with E-state index in [0.29, 0.717) is 6.42 Å². The zero-order valence-corrected chi connectivity index (χ0v) is 7.27. The molecule has 0 unspecified atom stereocenters. The van der Waals surface area contributed by atoms with Crippen LogP contribution in [0.1, 0.15) is 12.5 Å². The summed E-state index contributed by atoms with van der Waals surface area (Å²) in [6.07, 6.45) is 3.92. The van der Waals surface area contributed by atoms with Crippen molar-refractivity contribution in [3.63, 3.8) is 0 Å². The van der Waals surface area contributed by atoms with Crippen molar-refractivity contribution >= 4 is 11.3 Å². The number of fused-ring (bicyclic) bond motifs is 1. The van der Waals surface area contributed by atoms with E-state index in [2.05, 4.69) is 10.3 Å². The molecule has 4 nitrogen and oxygen atoms in total. The molecule has 2 heterocycles. The molecule has 2 aromatic rings. The third-order valence-electron chi connectivity index (χ3n) is 1.87. The Kier molecular flexibility index (Phi) is 1.81. The van der Waals surface area contributed by atoms with Gasteiger partial charge in [0.2, 0.25) is 0 Å². The molecule has 13 heavy (non-hydrogen) atoms. The number of aromatic nitrogens is 3. The van der Waals surface area contributed by atoms with Crippen LogP contribution in [0.2, 0.25) is 0 Å². The van der Waals surface area contributed by atoms with E-state index in [9.17, 15) is 4.79 Å². The number of nitrogens with zero attached hydrogens (tertiary/aromatic N) is 3. The zero-order chi connectivity index (χ0) is 9.26. The second-order valence-electron chi connectivity index (χ2n) is 2.98. The number of pyridine rings is 1. The molecule has 0 amide bonds. The maximum atomic E-state index is 10.9. The Labute approximate surface area is 75.2 Å². The average Bonchev–Trinajstić information content (AvgIpc) is 2.51. The molecule has 0 aliphatic rings. The van der Waals surface area contributed by atoms with Crippen LogP contribution < -0.4 is 0 Å². The van der Waals surface area contributed by atoms with Gasteiger partial charge in [-0.1, -0.05) is 11.3 Å². The number of hydrogen-bond acceptors (Lipinski definition) is 3. The predicted octanol–water partition coefficient (Wildman–Crippen LogP) is 0.861. The zero-order valence-electron chi connectivity index (χ0n) is 7.27. The van der Waals surface area contributed by atoms with Crippen LogP contribution in [0, 0.1) is 0 Å². The first-order valence-electron chi connectivity index (χ1n) is 4.05. The van der Waals surface area contributed by atoms with Crippen LogP contribution in [0.4, 0.5) is 0 Å². The van der Waals surface area contributed by atoms with Gasteiger partial charge in [-0.2, -0.15) is 0 Å². The van der Waals surface area contributed by atoms with Crippen LogP contribution in [-0.2, 0) is 11.2 Å². The van der Waals surface area contributed by atoms with Crippen LogP contribution in [-0.4, -0.2) is 20.6 Å². The molecule has 2 aromatic heterocycles. The molecule has 0 spiro atoms. The number of carbonyl (C=O) groups excluding carboxylic acids is 1. The Balaban J connectivity index is 2.54. The van der Waals surface area contributed by atoms with Crippen LogP contribution in [0.5, 0.6) is 0 Å². The molecule has 0 radical (unpaired) electrons. The lowest BCUT2D eigenvalue weighted by Gasteiger charge is -1.98. The number of Topliss-reactive ketones (excluding diaryl/α,β-unsaturated/α-hetero) is 1. The van der Waals surface area contributed by atoms with Crippen LogP contribution >= 0.6 is 0 Å². The predicted molar refractivity (Wildman–Crippen MR) is 47.4 cm³/mol. The highest BCUT2D eigenvalue weighted by Gasteiger charge is 2.03. The second-order valence-corrected chi connectivity index (χ2v) is 2.98. The third kappa shape index (κ3) is 1.42. The minimum atomic E-state index is 0.148. The monoisotopic (exact) mass is 175 g/mol. The first kappa shape index (κ1) is 7.91. The Hall–Kier alpha value is -1.71. The lowest BCUT2D eigenvalue weighted by Crippen LogP contribution is -1.99. The minimum Gasteiger partial charge on any atom is -0.300 e. The quantitative estimate of drug-likeness (QED) is 0.680. The van der Waals surface area contributed by atoms with Gasteiger partial charge in [0.15, 0.2) is 0 Å². The van der Waals surface area contributed by atoms with Gasteiger partial charge < -0.3 is 0 Å². The fraction of sp³-hybridized carbons (Fsp3) is 0.222. The molecule has 0 saturated carbocycles. The second kappa shape index (κ2) is 2.97. The standard InChI is InChI=1S/C9H9N3O/c1-7(13)5-8-3-2-4-12-9(8)6-10-11-12/h2-4,6H,5H2,1H3. The van der Waals surface area contributed by atoms with Gasteiger partial charge >= 0.3 is 0 Å². The SMILES string of the molecule is CC(=O)Cc1cccn2nncc12. The Morgan fingerprint density at radius 2 is 2.46 bits per heavy atom. The molecular formula is C9H9N3O. The molecule has 0 aliphatic carbocycles. The molecule has 0 aromatic carbocycles. The molecule has 0 atom stereocenters. The molecule has 4 heteroatoms. The van der Waals surface area contributed by atoms with Gasteiger partial charge in [0, 0.05) is 12.6 Å². The smallest absolute Gasteiger partial charge is 0.134 e. The fourth-order valence-electron chi connectivity index (χ4n) is 1.33. The van der Waals surface area contributed by atoms with Gasteiger partial charge in [0.25, 0.3) is 0 Å². The summed E-state index contributed by atoms with van der Waals surface area (Å²) in [6.45, 7) is 1.58. The minimum absolute atomic E-state index is 0.148. The fourth-order valence-corrected chi connectivity index (χ4v) is 1.33. The van der Waals surface area contributed by atoms with Crippen molar-refractivity contribution in [3.05, 3.63) is 30.1 Å². The molecule has 0 aliphatic heterocycles. The van der Waals surface area contributed by atoms with Crippen LogP contribution in [0.15, 0.2) is 24.5 Å². The summed E-state index contributed by atoms with van der Waals surface area (Å²) in [5.41, 5.74) is 1.87. The van der Waals surface area contributed by atoms with Gasteiger partial charge in [-0.3, -0.25) is 4.79 Å². The van der Waals surface area contributed by atoms with Gasteiger partial charge in [-0.05, 0) is 18.6 Å². The van der Waals surface area contributed by atoms with Gasteiger partial charge in [-0.15, -0.1) is 5.10 Å². The van der Waals surface area contributed by atoms with E-state index in [0.717, 1.165) is 11.1 Å². The summed E-state index contributed by atoms with van der Waals surface area (Å²) in [6, 6.07) is 3.78. The van der Waals surface area contributed by atoms with E-state index < -0.39 is 0 Å². The van der Waals surface area contributed by atoms with E-state index in [1.54, 1.807) is 17.6 Å². The Morgan fingerprint density at radius 3 is 3.23 bits per heavy atom. The highest BCUT2D eigenvalue weighted by molar-refractivity contribution is 5.80. The van der Waals surface area contributed by atoms with Gasteiger partial charge in [-0.25, -0.2) is 4.52 Å². The molecule has 0 N–H and O–H groups in total. The van der Waals surface area contributed by atoms with E-state index in [1.165, 1.54) is 0 Å². The number of hydrogen-bond donors (Lipinski definition) is 0. The summed E-state index contributed by atoms with van der Waals surface area (Å²) in [7, 11) is 0. The van der Waals surface area contributed by atoms with Crippen molar-refractivity contribution in [1.82, 2.24) is 14.8 Å². The van der Waals surface area contributed by atoms with Crippen LogP contribution in [0.3, 0.4) is 0 Å². The third-order valence-corrected chi connectivity index (χ3v) is 1.87. The summed E-state index contributed by atoms with van der Waals surface area (Å²) >= 11 is 0. The summed E-state index contributed by atoms with van der Waals surface area (Å²) < 4.78 is 1.66. The molecule has 0 fully saturated rings. The maximum absolute atomic E-state index is 10.9. The van der Waals surface area contributed by atoms with E-state index in [1.807, 2.05) is 18.3 Å². The first-order chi connectivity index (χ1) is 6.27. The molecular weight excluding hydrogens is 166 g/mol. The van der Waals surface area contributed by atoms with E-state index >= 15 is 0 Å². The maximum Gasteiger partial charge on any atom is 0.134 e. The van der Waals surface area contributed by atoms with Crippen molar-refractivity contribution < 1.29 is 4.79 Å². The summed E-state index contributed by atoms with van der Waals surface area (Å²) in [5.74, 6) is 0.148. The Morgan fingerprint density at radius 1 is 1.62 bits per heavy atom. The first-order valence-corrected chi connectivity index (χ1v) is 4.05. The highest BCUT2D eigenvalue weighted by Crippen LogP contribution is 2.09. The normalized spacial score (nSPS) is 10.5. The van der Waals surface area contributed by atoms with Crippen LogP contribution in [0.25, 0.3) is 5.52 Å². The average molecular weight is 175 g/mol.